The van der Waals surface area contributed by atoms with Gasteiger partial charge < -0.3 is 38.1 Å². The molecule has 2 aliphatic rings. The number of fused-ring (bicyclic) bond motifs is 2. The summed E-state index contributed by atoms with van der Waals surface area (Å²) >= 11 is 0. The lowest BCUT2D eigenvalue weighted by atomic mass is 9.84. The third kappa shape index (κ3) is 10.1. The summed E-state index contributed by atoms with van der Waals surface area (Å²) in [7, 11) is 3.26. The van der Waals surface area contributed by atoms with E-state index >= 15 is 0 Å². The van der Waals surface area contributed by atoms with E-state index in [1.165, 1.54) is 0 Å². The van der Waals surface area contributed by atoms with Gasteiger partial charge in [0.2, 0.25) is 17.2 Å². The summed E-state index contributed by atoms with van der Waals surface area (Å²) in [6.07, 6.45) is 15.4. The fraction of sp³-hybridized carbons (Fsp3) is 0.292. The molecule has 0 spiro atoms. The van der Waals surface area contributed by atoms with Gasteiger partial charge in [-0.2, -0.15) is 4.58 Å². The summed E-state index contributed by atoms with van der Waals surface area (Å²) in [5.74, 6) is -0.602. The van der Waals surface area contributed by atoms with Gasteiger partial charge in [-0.25, -0.2) is 0 Å². The van der Waals surface area contributed by atoms with Crippen LogP contribution in [0.2, 0.25) is 0 Å². The molecule has 0 amide bonds. The van der Waals surface area contributed by atoms with Crippen LogP contribution in [0, 0.1) is 0 Å². The van der Waals surface area contributed by atoms with E-state index in [1.807, 2.05) is 118 Å². The monoisotopic (exact) mass is 810 g/mol. The van der Waals surface area contributed by atoms with Gasteiger partial charge in [0.05, 0.1) is 81.8 Å². The standard InChI is InChI=1S/C48H50N4O8/c1-55-27-29-59-33-31-57-25-23-51-37(13-11-35-19-21-49-41-9-5-3-7-39(35)41)15-17-43(51)45-47(53)46(48(45)54)44-18-16-38(52(44)24-26-58-32-34-60-30-28-56-2)14-12-36-20-22-50-42-10-6-4-8-40(36)42/h3-22H,23-34H2,1-2H3. The Morgan fingerprint density at radius 1 is 0.617 bits per heavy atom. The van der Waals surface area contributed by atoms with E-state index in [4.69, 9.17) is 28.4 Å². The van der Waals surface area contributed by atoms with Crippen LogP contribution in [0.3, 0.4) is 0 Å². The van der Waals surface area contributed by atoms with E-state index in [9.17, 15) is 9.90 Å². The van der Waals surface area contributed by atoms with Crippen molar-refractivity contribution in [2.75, 3.05) is 86.8 Å². The SMILES string of the molecule is COCCOCCOCCn1c(/C=C/c2ccnc3ccccc23)ccc1C1=C([O-])/C(=C2/C=CC(/C=C/c3ccnc4ccccc34)=[N+]2CCOCCOCCOC)C1=O. The molecule has 0 radical (unpaired) electrons. The van der Waals surface area contributed by atoms with Gasteiger partial charge in [-0.05, 0) is 59.7 Å². The molecule has 7 rings (SSSR count). The van der Waals surface area contributed by atoms with Crippen LogP contribution in [0.4, 0.5) is 0 Å². The molecule has 4 heterocycles. The zero-order chi connectivity index (χ0) is 41.5. The minimum atomic E-state index is -0.301. The van der Waals surface area contributed by atoms with Gasteiger partial charge in [-0.15, -0.1) is 0 Å². The number of aromatic nitrogens is 3. The molecule has 60 heavy (non-hydrogen) atoms. The number of methoxy groups -OCH3 is 2. The highest BCUT2D eigenvalue weighted by Gasteiger charge is 2.38. The summed E-state index contributed by atoms with van der Waals surface area (Å²) in [5.41, 5.74) is 6.86. The lowest BCUT2D eigenvalue weighted by Gasteiger charge is -2.31. The summed E-state index contributed by atoms with van der Waals surface area (Å²) < 4.78 is 37.0. The smallest absolute Gasteiger partial charge is 0.216 e. The highest BCUT2D eigenvalue weighted by Crippen LogP contribution is 2.39. The number of hydrogen-bond donors (Lipinski definition) is 0. The first-order valence-electron chi connectivity index (χ1n) is 20.1. The predicted octanol–water partition coefficient (Wildman–Crippen LogP) is 5.76. The molecule has 12 heteroatoms. The minimum Gasteiger partial charge on any atom is -0.871 e. The summed E-state index contributed by atoms with van der Waals surface area (Å²) in [6, 6.07) is 23.7. The molecule has 0 bridgehead atoms. The second-order valence-electron chi connectivity index (χ2n) is 13.9. The van der Waals surface area contributed by atoms with Crippen LogP contribution in [0.15, 0.2) is 120 Å². The van der Waals surface area contributed by atoms with Gasteiger partial charge in [-0.1, -0.05) is 48.2 Å². The zero-order valence-electron chi connectivity index (χ0n) is 34.1. The number of hydrogen-bond acceptors (Lipinski definition) is 10. The lowest BCUT2D eigenvalue weighted by molar-refractivity contribution is -0.472. The van der Waals surface area contributed by atoms with Crippen LogP contribution in [-0.4, -0.2) is 117 Å². The van der Waals surface area contributed by atoms with Gasteiger partial charge in [0.25, 0.3) is 0 Å². The van der Waals surface area contributed by atoms with E-state index < -0.39 is 0 Å². The maximum Gasteiger partial charge on any atom is 0.216 e. The Morgan fingerprint density at radius 3 is 1.80 bits per heavy atom. The molecule has 310 valence electrons. The number of allylic oxidation sites excluding steroid dienone is 5. The molecule has 0 N–H and O–H groups in total. The van der Waals surface area contributed by atoms with Gasteiger partial charge in [-0.3, -0.25) is 14.8 Å². The van der Waals surface area contributed by atoms with Crippen molar-refractivity contribution in [3.63, 3.8) is 0 Å². The van der Waals surface area contributed by atoms with Crippen molar-refractivity contribution in [3.8, 4) is 0 Å². The third-order valence-corrected chi connectivity index (χ3v) is 10.2. The van der Waals surface area contributed by atoms with Crippen LogP contribution < -0.4 is 5.11 Å². The summed E-state index contributed by atoms with van der Waals surface area (Å²) in [6.45, 7) is 5.19. The van der Waals surface area contributed by atoms with Crippen LogP contribution in [0.5, 0.6) is 0 Å². The second kappa shape index (κ2) is 21.4. The van der Waals surface area contributed by atoms with Gasteiger partial charge >= 0.3 is 0 Å². The number of carbonyl (C=O) groups is 1. The number of ketones is 1. The number of ether oxygens (including phenoxy) is 6. The zero-order valence-corrected chi connectivity index (χ0v) is 34.1. The van der Waals surface area contributed by atoms with Crippen LogP contribution in [0.1, 0.15) is 22.5 Å². The van der Waals surface area contributed by atoms with Crippen molar-refractivity contribution in [3.05, 3.63) is 143 Å². The summed E-state index contributed by atoms with van der Waals surface area (Å²) in [5, 5.41) is 16.3. The van der Waals surface area contributed by atoms with Crippen LogP contribution in [-0.2, 0) is 39.8 Å². The topological polar surface area (TPSA) is 129 Å². The van der Waals surface area contributed by atoms with Crippen molar-refractivity contribution < 1.29 is 42.9 Å². The number of pyridine rings is 2. The van der Waals surface area contributed by atoms with E-state index in [1.54, 1.807) is 26.6 Å². The Kier molecular flexibility index (Phi) is 15.1. The quantitative estimate of drug-likeness (QED) is 0.0457. The number of carbonyl (C=O) groups excluding carboxylic acids is 1. The van der Waals surface area contributed by atoms with Crippen molar-refractivity contribution in [1.29, 1.82) is 0 Å². The molecule has 0 unspecified atom stereocenters. The molecular formula is C48H50N4O8. The van der Waals surface area contributed by atoms with E-state index in [0.717, 1.165) is 44.3 Å². The number of nitrogens with zero attached hydrogens (tertiary/aromatic N) is 4. The van der Waals surface area contributed by atoms with Crippen LogP contribution >= 0.6 is 0 Å². The fourth-order valence-electron chi connectivity index (χ4n) is 7.17. The Hall–Kier alpha value is -5.86. The largest absolute Gasteiger partial charge is 0.871 e. The minimum absolute atomic E-state index is 0.152. The maximum atomic E-state index is 14.3. The lowest BCUT2D eigenvalue weighted by Crippen LogP contribution is -2.34. The first-order chi connectivity index (χ1) is 29.6. The van der Waals surface area contributed by atoms with Gasteiger partial charge in [0, 0.05) is 73.4 Å². The van der Waals surface area contributed by atoms with E-state index in [0.29, 0.717) is 90.5 Å². The average Bonchev–Trinajstić information content (AvgIpc) is 3.86. The Bertz CT molecular complexity index is 2470. The van der Waals surface area contributed by atoms with Crippen molar-refractivity contribution in [2.45, 2.75) is 6.54 Å². The molecule has 5 aromatic rings. The molecule has 0 atom stereocenters. The normalized spacial score (nSPS) is 15.6. The highest BCUT2D eigenvalue weighted by atomic mass is 16.5. The number of benzene rings is 2. The molecule has 0 saturated heterocycles. The molecular weight excluding hydrogens is 761 g/mol. The van der Waals surface area contributed by atoms with Crippen molar-refractivity contribution in [1.82, 2.24) is 14.5 Å². The van der Waals surface area contributed by atoms with Crippen molar-refractivity contribution >= 4 is 57.1 Å². The first-order valence-corrected chi connectivity index (χ1v) is 20.1. The van der Waals surface area contributed by atoms with E-state index in [2.05, 4.69) is 9.97 Å². The number of para-hydroxylation sites is 2. The molecule has 1 aliphatic carbocycles. The Labute approximate surface area is 350 Å². The van der Waals surface area contributed by atoms with Crippen molar-refractivity contribution in [2.24, 2.45) is 0 Å². The average molecular weight is 811 g/mol. The van der Waals surface area contributed by atoms with Crippen LogP contribution in [0.25, 0.3) is 45.6 Å². The molecule has 2 aromatic carbocycles. The predicted molar refractivity (Wildman–Crippen MR) is 231 cm³/mol. The summed E-state index contributed by atoms with van der Waals surface area (Å²) in [4.78, 5) is 23.2. The Morgan fingerprint density at radius 2 is 1.18 bits per heavy atom. The molecule has 1 aliphatic heterocycles. The third-order valence-electron chi connectivity index (χ3n) is 10.2. The number of rotatable bonds is 23. The molecule has 0 saturated carbocycles. The molecule has 3 aromatic heterocycles. The first kappa shape index (κ1) is 42.3. The second-order valence-corrected chi connectivity index (χ2v) is 13.9. The fourth-order valence-corrected chi connectivity index (χ4v) is 7.17. The molecule has 0 fully saturated rings. The van der Waals surface area contributed by atoms with Gasteiger partial charge in [0.1, 0.15) is 6.61 Å². The van der Waals surface area contributed by atoms with Gasteiger partial charge in [0.15, 0.2) is 6.54 Å². The van der Waals surface area contributed by atoms with E-state index in [-0.39, 0.29) is 22.7 Å². The molecule has 12 nitrogen and oxygen atoms in total. The Balaban J connectivity index is 1.17. The number of Topliss-reactive ketones (excluding diaryl/α,β-unsaturated/α-hetero) is 1. The highest BCUT2D eigenvalue weighted by molar-refractivity contribution is 6.39. The maximum absolute atomic E-state index is 14.3.